The van der Waals surface area contributed by atoms with Crippen LogP contribution in [-0.4, -0.2) is 16.1 Å². The Kier molecular flexibility index (Phi) is 5.39. The van der Waals surface area contributed by atoms with E-state index >= 15 is 0 Å². The second-order valence-electron chi connectivity index (χ2n) is 4.92. The minimum atomic E-state index is -0.900. The maximum atomic E-state index is 10.9. The standard InChI is InChI=1S/C16H18ClNO3/c1-2-3-4-5-14-13(10-15(19)20)18-16(21-14)11-6-8-12(17)9-7-11/h6-9H,2-5,10H2,1H3,(H,19,20). The molecule has 1 heterocycles. The molecule has 0 aliphatic heterocycles. The van der Waals surface area contributed by atoms with Gasteiger partial charge in [-0.3, -0.25) is 4.79 Å². The lowest BCUT2D eigenvalue weighted by Gasteiger charge is -1.98. The molecule has 0 bridgehead atoms. The van der Waals surface area contributed by atoms with Crippen molar-refractivity contribution in [2.24, 2.45) is 0 Å². The number of rotatable bonds is 7. The van der Waals surface area contributed by atoms with Crippen molar-refractivity contribution in [1.29, 1.82) is 0 Å². The third kappa shape index (κ3) is 4.33. The summed E-state index contributed by atoms with van der Waals surface area (Å²) in [5.74, 6) is 0.230. The summed E-state index contributed by atoms with van der Waals surface area (Å²) in [6.07, 6.45) is 3.77. The van der Waals surface area contributed by atoms with Gasteiger partial charge in [0, 0.05) is 17.0 Å². The van der Waals surface area contributed by atoms with Gasteiger partial charge in [0.2, 0.25) is 5.89 Å². The minimum Gasteiger partial charge on any atom is -0.481 e. The number of aryl methyl sites for hydroxylation is 1. The minimum absolute atomic E-state index is 0.113. The van der Waals surface area contributed by atoms with Crippen molar-refractivity contribution in [3.05, 3.63) is 40.7 Å². The van der Waals surface area contributed by atoms with Crippen LogP contribution in [0.15, 0.2) is 28.7 Å². The molecular weight excluding hydrogens is 290 g/mol. The molecule has 0 fully saturated rings. The van der Waals surface area contributed by atoms with Crippen molar-refractivity contribution >= 4 is 17.6 Å². The van der Waals surface area contributed by atoms with Crippen LogP contribution in [0.25, 0.3) is 11.5 Å². The number of hydrogen-bond acceptors (Lipinski definition) is 3. The highest BCUT2D eigenvalue weighted by Crippen LogP contribution is 2.25. The Bertz CT molecular complexity index is 604. The number of carboxylic acids is 1. The number of halogens is 1. The lowest BCUT2D eigenvalue weighted by atomic mass is 10.1. The number of aliphatic carboxylic acids is 1. The van der Waals surface area contributed by atoms with Gasteiger partial charge in [0.05, 0.1) is 12.1 Å². The van der Waals surface area contributed by atoms with Crippen molar-refractivity contribution in [3.8, 4) is 11.5 Å². The lowest BCUT2D eigenvalue weighted by Crippen LogP contribution is -2.03. The average Bonchev–Trinajstić information content (AvgIpc) is 2.82. The number of benzene rings is 1. The zero-order valence-corrected chi connectivity index (χ0v) is 12.7. The van der Waals surface area contributed by atoms with Gasteiger partial charge >= 0.3 is 5.97 Å². The molecule has 0 spiro atoms. The van der Waals surface area contributed by atoms with Crippen molar-refractivity contribution in [2.45, 2.75) is 39.0 Å². The number of carbonyl (C=O) groups is 1. The highest BCUT2D eigenvalue weighted by molar-refractivity contribution is 6.30. The SMILES string of the molecule is CCCCCc1oc(-c2ccc(Cl)cc2)nc1CC(=O)O. The second kappa shape index (κ2) is 7.27. The van der Waals surface area contributed by atoms with E-state index in [4.69, 9.17) is 21.1 Å². The molecule has 0 unspecified atom stereocenters. The lowest BCUT2D eigenvalue weighted by molar-refractivity contribution is -0.136. The molecule has 0 aliphatic rings. The topological polar surface area (TPSA) is 63.3 Å². The number of oxazole rings is 1. The van der Waals surface area contributed by atoms with Crippen LogP contribution in [0.4, 0.5) is 0 Å². The largest absolute Gasteiger partial charge is 0.481 e. The summed E-state index contributed by atoms with van der Waals surface area (Å²) in [5.41, 5.74) is 1.32. The van der Waals surface area contributed by atoms with Gasteiger partial charge in [-0.1, -0.05) is 31.4 Å². The molecule has 4 nitrogen and oxygen atoms in total. The molecule has 0 aliphatic carbocycles. The van der Waals surface area contributed by atoms with E-state index in [-0.39, 0.29) is 6.42 Å². The fourth-order valence-electron chi connectivity index (χ4n) is 2.11. The summed E-state index contributed by atoms with van der Waals surface area (Å²) in [6.45, 7) is 2.12. The van der Waals surface area contributed by atoms with E-state index in [2.05, 4.69) is 11.9 Å². The molecule has 112 valence electrons. The summed E-state index contributed by atoms with van der Waals surface area (Å²) in [7, 11) is 0. The Morgan fingerprint density at radius 3 is 2.62 bits per heavy atom. The second-order valence-corrected chi connectivity index (χ2v) is 5.36. The molecule has 0 amide bonds. The van der Waals surface area contributed by atoms with Crippen LogP contribution in [0.3, 0.4) is 0 Å². The van der Waals surface area contributed by atoms with Crippen molar-refractivity contribution in [3.63, 3.8) is 0 Å². The van der Waals surface area contributed by atoms with Gasteiger partial charge in [0.25, 0.3) is 0 Å². The number of carboxylic acid groups (broad SMARTS) is 1. The maximum absolute atomic E-state index is 10.9. The number of hydrogen-bond donors (Lipinski definition) is 1. The zero-order chi connectivity index (χ0) is 15.2. The first kappa shape index (κ1) is 15.6. The predicted octanol–water partition coefficient (Wildman–Crippen LogP) is 4.35. The van der Waals surface area contributed by atoms with E-state index in [1.807, 2.05) is 12.1 Å². The van der Waals surface area contributed by atoms with Crippen LogP contribution in [-0.2, 0) is 17.6 Å². The summed E-state index contributed by atoms with van der Waals surface area (Å²) in [5, 5.41) is 9.62. The van der Waals surface area contributed by atoms with Crippen LogP contribution < -0.4 is 0 Å². The molecule has 1 aromatic carbocycles. The fraction of sp³-hybridized carbons (Fsp3) is 0.375. The summed E-state index contributed by atoms with van der Waals surface area (Å²) in [6, 6.07) is 7.15. The molecule has 0 atom stereocenters. The Hall–Kier alpha value is -1.81. The normalized spacial score (nSPS) is 10.8. The summed E-state index contributed by atoms with van der Waals surface area (Å²) >= 11 is 5.86. The van der Waals surface area contributed by atoms with E-state index < -0.39 is 5.97 Å². The van der Waals surface area contributed by atoms with Gasteiger partial charge in [-0.15, -0.1) is 0 Å². The molecule has 1 N–H and O–H groups in total. The first-order valence-corrected chi connectivity index (χ1v) is 7.44. The summed E-state index contributed by atoms with van der Waals surface area (Å²) in [4.78, 5) is 15.3. The molecule has 5 heteroatoms. The highest BCUT2D eigenvalue weighted by atomic mass is 35.5. The van der Waals surface area contributed by atoms with Gasteiger partial charge in [0.15, 0.2) is 0 Å². The first-order chi connectivity index (χ1) is 10.1. The van der Waals surface area contributed by atoms with Crippen molar-refractivity contribution in [1.82, 2.24) is 4.98 Å². The number of aromatic nitrogens is 1. The van der Waals surface area contributed by atoms with Crippen molar-refractivity contribution < 1.29 is 14.3 Å². The molecule has 2 aromatic rings. The fourth-order valence-corrected chi connectivity index (χ4v) is 2.24. The first-order valence-electron chi connectivity index (χ1n) is 7.06. The van der Waals surface area contributed by atoms with Crippen LogP contribution in [0.1, 0.15) is 37.6 Å². The average molecular weight is 308 g/mol. The van der Waals surface area contributed by atoms with E-state index in [9.17, 15) is 4.79 Å². The van der Waals surface area contributed by atoms with E-state index in [1.165, 1.54) is 0 Å². The summed E-state index contributed by atoms with van der Waals surface area (Å²) < 4.78 is 5.77. The molecule has 0 saturated carbocycles. The molecule has 0 radical (unpaired) electrons. The smallest absolute Gasteiger partial charge is 0.309 e. The monoisotopic (exact) mass is 307 g/mol. The van der Waals surface area contributed by atoms with Gasteiger partial charge < -0.3 is 9.52 Å². The van der Waals surface area contributed by atoms with Crippen LogP contribution in [0, 0.1) is 0 Å². The van der Waals surface area contributed by atoms with Crippen LogP contribution in [0.2, 0.25) is 5.02 Å². The van der Waals surface area contributed by atoms with E-state index in [0.29, 0.717) is 22.4 Å². The molecule has 0 saturated heterocycles. The Labute approximate surface area is 128 Å². The van der Waals surface area contributed by atoms with Gasteiger partial charge in [-0.25, -0.2) is 4.98 Å². The van der Waals surface area contributed by atoms with Crippen molar-refractivity contribution in [2.75, 3.05) is 0 Å². The third-order valence-electron chi connectivity index (χ3n) is 3.20. The van der Waals surface area contributed by atoms with E-state index in [1.54, 1.807) is 12.1 Å². The van der Waals surface area contributed by atoms with E-state index in [0.717, 1.165) is 31.2 Å². The van der Waals surface area contributed by atoms with Gasteiger partial charge in [-0.05, 0) is 30.7 Å². The molecule has 2 rings (SSSR count). The van der Waals surface area contributed by atoms with Crippen LogP contribution >= 0.6 is 11.6 Å². The predicted molar refractivity (Wildman–Crippen MR) is 81.5 cm³/mol. The van der Waals surface area contributed by atoms with Gasteiger partial charge in [-0.2, -0.15) is 0 Å². The number of nitrogens with zero attached hydrogens (tertiary/aromatic N) is 1. The number of unbranched alkanes of at least 4 members (excludes halogenated alkanes) is 2. The quantitative estimate of drug-likeness (QED) is 0.772. The molecular formula is C16H18ClNO3. The van der Waals surface area contributed by atoms with Gasteiger partial charge in [0.1, 0.15) is 5.76 Å². The Morgan fingerprint density at radius 1 is 1.29 bits per heavy atom. The van der Waals surface area contributed by atoms with Crippen LogP contribution in [0.5, 0.6) is 0 Å². The Morgan fingerprint density at radius 2 is 2.00 bits per heavy atom. The Balaban J connectivity index is 2.25. The maximum Gasteiger partial charge on any atom is 0.309 e. The molecule has 1 aromatic heterocycles. The third-order valence-corrected chi connectivity index (χ3v) is 3.45. The molecule has 21 heavy (non-hydrogen) atoms. The zero-order valence-electron chi connectivity index (χ0n) is 11.9. The highest BCUT2D eigenvalue weighted by Gasteiger charge is 2.16.